The highest BCUT2D eigenvalue weighted by Gasteiger charge is 2.34. The quantitative estimate of drug-likeness (QED) is 0.566. The minimum atomic E-state index is -4.57. The molecular formula is C4H6F3N2O. The Kier molecular flexibility index (Phi) is 2.12. The molecule has 0 aromatic carbocycles. The van der Waals surface area contributed by atoms with Crippen molar-refractivity contribution in [2.45, 2.75) is 12.6 Å². The Bertz CT molecular complexity index is 110. The summed E-state index contributed by atoms with van der Waals surface area (Å²) in [6, 6.07) is 0. The van der Waals surface area contributed by atoms with E-state index >= 15 is 0 Å². The summed E-state index contributed by atoms with van der Waals surface area (Å²) in [5, 5.41) is 0. The Morgan fingerprint density at radius 2 is 2.20 bits per heavy atom. The van der Waals surface area contributed by atoms with E-state index in [-0.39, 0.29) is 0 Å². The summed E-state index contributed by atoms with van der Waals surface area (Å²) < 4.78 is 37.8. The molecule has 1 saturated heterocycles. The van der Waals surface area contributed by atoms with Crippen molar-refractivity contribution in [3.8, 4) is 0 Å². The lowest BCUT2D eigenvalue weighted by atomic mass is 10.4. The van der Waals surface area contributed by atoms with E-state index in [0.717, 1.165) is 0 Å². The zero-order valence-corrected chi connectivity index (χ0v) is 4.90. The van der Waals surface area contributed by atoms with Crippen LogP contribution in [-0.4, -0.2) is 19.1 Å². The van der Waals surface area contributed by atoms with Crippen molar-refractivity contribution in [3.63, 3.8) is 0 Å². The van der Waals surface area contributed by atoms with Crippen LogP contribution in [0.25, 0.3) is 0 Å². The zero-order valence-electron chi connectivity index (χ0n) is 4.90. The lowest BCUT2D eigenvalue weighted by Crippen LogP contribution is -2.35. The summed E-state index contributed by atoms with van der Waals surface area (Å²) in [6.45, 7) is 0.376. The molecule has 0 aliphatic carbocycles. The van der Waals surface area contributed by atoms with Gasteiger partial charge in [-0.2, -0.15) is 0 Å². The standard InChI is InChI=1S/C4H6F3N2O/c5-4(6,7)10-3-1-2-8-9-3/h1,3,8-9H,2H2. The van der Waals surface area contributed by atoms with E-state index in [4.69, 9.17) is 0 Å². The number of ether oxygens (including phenoxy) is 1. The molecule has 1 heterocycles. The van der Waals surface area contributed by atoms with E-state index in [1.54, 1.807) is 0 Å². The Hall–Kier alpha value is -0.330. The number of alkyl halides is 3. The van der Waals surface area contributed by atoms with Gasteiger partial charge in [-0.3, -0.25) is 10.2 Å². The monoisotopic (exact) mass is 155 g/mol. The molecule has 0 amide bonds. The van der Waals surface area contributed by atoms with Crippen molar-refractivity contribution in [3.05, 3.63) is 6.42 Å². The van der Waals surface area contributed by atoms with Crippen LogP contribution in [0.4, 0.5) is 13.2 Å². The molecule has 0 bridgehead atoms. The van der Waals surface area contributed by atoms with Crippen LogP contribution < -0.4 is 10.9 Å². The van der Waals surface area contributed by atoms with Crippen molar-refractivity contribution in [1.82, 2.24) is 10.9 Å². The van der Waals surface area contributed by atoms with Gasteiger partial charge in [0.2, 0.25) is 0 Å². The lowest BCUT2D eigenvalue weighted by Gasteiger charge is -2.12. The van der Waals surface area contributed by atoms with Crippen LogP contribution in [0.1, 0.15) is 0 Å². The zero-order chi connectivity index (χ0) is 7.61. The predicted octanol–water partition coefficient (Wildman–Crippen LogP) is 0.161. The van der Waals surface area contributed by atoms with E-state index in [0.29, 0.717) is 6.54 Å². The molecule has 0 saturated carbocycles. The smallest absolute Gasteiger partial charge is 0.272 e. The van der Waals surface area contributed by atoms with E-state index in [1.807, 2.05) is 0 Å². The average molecular weight is 155 g/mol. The van der Waals surface area contributed by atoms with Crippen molar-refractivity contribution in [2.24, 2.45) is 0 Å². The maximum atomic E-state index is 11.4. The molecule has 1 rings (SSSR count). The van der Waals surface area contributed by atoms with Crippen LogP contribution in [0.2, 0.25) is 0 Å². The number of nitrogens with one attached hydrogen (secondary N) is 2. The fraction of sp³-hybridized carbons (Fsp3) is 0.750. The molecule has 2 N–H and O–H groups in total. The van der Waals surface area contributed by atoms with Gasteiger partial charge < -0.3 is 0 Å². The molecule has 1 aliphatic rings. The van der Waals surface area contributed by atoms with Crippen LogP contribution in [-0.2, 0) is 4.74 Å². The highest BCUT2D eigenvalue weighted by molar-refractivity contribution is 4.82. The first-order valence-corrected chi connectivity index (χ1v) is 2.64. The Morgan fingerprint density at radius 1 is 1.50 bits per heavy atom. The molecule has 1 aliphatic heterocycles. The molecule has 1 atom stereocenters. The second kappa shape index (κ2) is 2.73. The maximum absolute atomic E-state index is 11.4. The number of hydrogen-bond acceptors (Lipinski definition) is 3. The van der Waals surface area contributed by atoms with Crippen molar-refractivity contribution < 1.29 is 17.9 Å². The van der Waals surface area contributed by atoms with Gasteiger partial charge in [-0.1, -0.05) is 0 Å². The molecule has 59 valence electrons. The largest absolute Gasteiger partial charge is 0.524 e. The van der Waals surface area contributed by atoms with Gasteiger partial charge in [-0.25, -0.2) is 5.43 Å². The van der Waals surface area contributed by atoms with Crippen molar-refractivity contribution in [1.29, 1.82) is 0 Å². The maximum Gasteiger partial charge on any atom is 0.524 e. The summed E-state index contributed by atoms with van der Waals surface area (Å²) in [6.07, 6.45) is -4.28. The molecule has 1 fully saturated rings. The average Bonchev–Trinajstić information content (AvgIpc) is 2.12. The molecule has 0 spiro atoms. The van der Waals surface area contributed by atoms with Crippen LogP contribution in [0, 0.1) is 6.42 Å². The summed E-state index contributed by atoms with van der Waals surface area (Å²) in [5.41, 5.74) is 4.73. The number of halogens is 3. The van der Waals surface area contributed by atoms with E-state index in [9.17, 15) is 13.2 Å². The molecule has 1 unspecified atom stereocenters. The second-order valence-corrected chi connectivity index (χ2v) is 1.75. The fourth-order valence-electron chi connectivity index (χ4n) is 0.606. The summed E-state index contributed by atoms with van der Waals surface area (Å²) in [5.74, 6) is 0. The third-order valence-corrected chi connectivity index (χ3v) is 0.939. The number of hydrogen-bond donors (Lipinski definition) is 2. The number of hydrazine groups is 1. The van der Waals surface area contributed by atoms with Gasteiger partial charge in [0.1, 0.15) is 6.23 Å². The topological polar surface area (TPSA) is 33.3 Å². The van der Waals surface area contributed by atoms with Gasteiger partial charge in [0.25, 0.3) is 0 Å². The summed E-state index contributed by atoms with van der Waals surface area (Å²) in [7, 11) is 0. The number of rotatable bonds is 1. The first-order valence-electron chi connectivity index (χ1n) is 2.64. The van der Waals surface area contributed by atoms with Crippen molar-refractivity contribution in [2.75, 3.05) is 6.54 Å². The second-order valence-electron chi connectivity index (χ2n) is 1.75. The minimum Gasteiger partial charge on any atom is -0.272 e. The molecule has 1 radical (unpaired) electrons. The van der Waals surface area contributed by atoms with Crippen LogP contribution >= 0.6 is 0 Å². The van der Waals surface area contributed by atoms with Crippen LogP contribution in [0.15, 0.2) is 0 Å². The molecule has 0 aromatic heterocycles. The lowest BCUT2D eigenvalue weighted by molar-refractivity contribution is -0.340. The molecule has 0 aromatic rings. The summed E-state index contributed by atoms with van der Waals surface area (Å²) in [4.78, 5) is 0. The first-order chi connectivity index (χ1) is 4.58. The Morgan fingerprint density at radius 3 is 2.60 bits per heavy atom. The first kappa shape index (κ1) is 7.77. The van der Waals surface area contributed by atoms with Gasteiger partial charge in [0, 0.05) is 13.0 Å². The highest BCUT2D eigenvalue weighted by atomic mass is 19.4. The van der Waals surface area contributed by atoms with Gasteiger partial charge in [0.05, 0.1) is 0 Å². The van der Waals surface area contributed by atoms with E-state index in [2.05, 4.69) is 15.6 Å². The Balaban J connectivity index is 2.24. The van der Waals surface area contributed by atoms with E-state index in [1.165, 1.54) is 6.42 Å². The van der Waals surface area contributed by atoms with Gasteiger partial charge >= 0.3 is 6.36 Å². The van der Waals surface area contributed by atoms with Gasteiger partial charge in [0.15, 0.2) is 0 Å². The third-order valence-electron chi connectivity index (χ3n) is 0.939. The molecular weight excluding hydrogens is 149 g/mol. The molecule has 10 heavy (non-hydrogen) atoms. The Labute approximate surface area is 55.5 Å². The van der Waals surface area contributed by atoms with Crippen LogP contribution in [0.5, 0.6) is 0 Å². The normalized spacial score (nSPS) is 27.3. The minimum absolute atomic E-state index is 0.376. The SMILES string of the molecule is FC(F)(F)OC1[CH]CNN1. The van der Waals surface area contributed by atoms with Crippen LogP contribution in [0.3, 0.4) is 0 Å². The van der Waals surface area contributed by atoms with E-state index < -0.39 is 12.6 Å². The van der Waals surface area contributed by atoms with Crippen molar-refractivity contribution >= 4 is 0 Å². The predicted molar refractivity (Wildman–Crippen MR) is 26.4 cm³/mol. The van der Waals surface area contributed by atoms with Gasteiger partial charge in [-0.15, -0.1) is 13.2 Å². The molecule has 6 heteroatoms. The third kappa shape index (κ3) is 2.51. The fourth-order valence-corrected chi connectivity index (χ4v) is 0.606. The summed E-state index contributed by atoms with van der Waals surface area (Å²) >= 11 is 0. The molecule has 3 nitrogen and oxygen atoms in total. The highest BCUT2D eigenvalue weighted by Crippen LogP contribution is 2.19. The van der Waals surface area contributed by atoms with Gasteiger partial charge in [-0.05, 0) is 0 Å².